The number of ether oxygens (including phenoxy) is 1. The minimum absolute atomic E-state index is 0.0118. The van der Waals surface area contributed by atoms with Crippen molar-refractivity contribution in [2.45, 2.75) is 50.9 Å². The molecule has 2 aliphatic heterocycles. The average molecular weight is 394 g/mol. The number of benzene rings is 1. The lowest BCUT2D eigenvalue weighted by Crippen LogP contribution is -2.61. The first kappa shape index (κ1) is 19.6. The van der Waals surface area contributed by atoms with E-state index in [2.05, 4.69) is 9.64 Å². The molecule has 5 nitrogen and oxygen atoms in total. The Morgan fingerprint density at radius 3 is 2.68 bits per heavy atom. The Labute approximate surface area is 164 Å². The molecule has 2 atom stereocenters. The average Bonchev–Trinajstić information content (AvgIpc) is 2.61. The molecule has 1 aromatic carbocycles. The van der Waals surface area contributed by atoms with Gasteiger partial charge in [0.25, 0.3) is 0 Å². The van der Waals surface area contributed by atoms with Gasteiger partial charge in [-0.2, -0.15) is 8.78 Å². The third-order valence-electron chi connectivity index (χ3n) is 6.70. The van der Waals surface area contributed by atoms with Crippen LogP contribution in [0.4, 0.5) is 8.78 Å². The number of carbonyl (C=O) groups is 1. The Hall–Kier alpha value is -1.73. The third-order valence-corrected chi connectivity index (χ3v) is 6.70. The number of para-hydroxylation sites is 1. The van der Waals surface area contributed by atoms with Crippen LogP contribution >= 0.6 is 0 Å². The summed E-state index contributed by atoms with van der Waals surface area (Å²) in [7, 11) is 0. The molecule has 0 bridgehead atoms. The summed E-state index contributed by atoms with van der Waals surface area (Å²) in [6, 6.07) is 6.85. The fourth-order valence-corrected chi connectivity index (χ4v) is 4.71. The number of aliphatic hydroxyl groups is 1. The number of rotatable bonds is 5. The number of amides is 1. The predicted molar refractivity (Wildman–Crippen MR) is 99.9 cm³/mol. The summed E-state index contributed by atoms with van der Waals surface area (Å²) < 4.78 is 30.0. The van der Waals surface area contributed by atoms with Gasteiger partial charge in [0.2, 0.25) is 5.91 Å². The zero-order valence-electron chi connectivity index (χ0n) is 16.0. The highest BCUT2D eigenvalue weighted by Gasteiger charge is 2.46. The van der Waals surface area contributed by atoms with E-state index in [4.69, 9.17) is 0 Å². The number of likely N-dealkylation sites (tertiary alicyclic amines) is 2. The van der Waals surface area contributed by atoms with Crippen molar-refractivity contribution in [1.82, 2.24) is 9.80 Å². The van der Waals surface area contributed by atoms with Gasteiger partial charge in [0, 0.05) is 50.1 Å². The highest BCUT2D eigenvalue weighted by Crippen LogP contribution is 2.38. The maximum atomic E-state index is 12.7. The summed E-state index contributed by atoms with van der Waals surface area (Å²) in [5, 5.41) is 11.1. The number of alkyl halides is 2. The first-order valence-electron chi connectivity index (χ1n) is 10.2. The van der Waals surface area contributed by atoms with Crippen molar-refractivity contribution in [3.05, 3.63) is 29.8 Å². The molecule has 2 saturated heterocycles. The van der Waals surface area contributed by atoms with Crippen LogP contribution in [0.1, 0.15) is 37.7 Å². The fourth-order valence-electron chi connectivity index (χ4n) is 4.71. The smallest absolute Gasteiger partial charge is 0.387 e. The molecule has 28 heavy (non-hydrogen) atoms. The van der Waals surface area contributed by atoms with Gasteiger partial charge >= 0.3 is 6.61 Å². The number of fused-ring (bicyclic) bond motifs is 1. The molecule has 1 aliphatic carbocycles. The zero-order chi connectivity index (χ0) is 19.7. The Morgan fingerprint density at radius 1 is 1.21 bits per heavy atom. The second-order valence-electron chi connectivity index (χ2n) is 8.43. The molecule has 1 saturated carbocycles. The fraction of sp³-hybridized carbons (Fsp3) is 0.667. The van der Waals surface area contributed by atoms with Gasteiger partial charge in [-0.05, 0) is 31.7 Å². The first-order valence-corrected chi connectivity index (χ1v) is 10.2. The van der Waals surface area contributed by atoms with E-state index in [9.17, 15) is 18.7 Å². The Balaban J connectivity index is 1.41. The number of hydrogen-bond donors (Lipinski definition) is 1. The standard InChI is InChI=1S/C21H28F2N2O3/c22-20(23)28-18-7-2-1-4-16(18)12-24-10-8-21(27)9-11-25(14-17(21)13-24)19(26)15-5-3-6-15/h1-2,4,7,15,17,20,27H,3,5-6,8-14H2/t17-,21-/m0/s1. The molecule has 154 valence electrons. The van der Waals surface area contributed by atoms with Gasteiger partial charge in [0.15, 0.2) is 0 Å². The van der Waals surface area contributed by atoms with E-state index < -0.39 is 12.2 Å². The topological polar surface area (TPSA) is 53.0 Å². The minimum Gasteiger partial charge on any atom is -0.434 e. The number of hydrogen-bond acceptors (Lipinski definition) is 4. The Morgan fingerprint density at radius 2 is 1.96 bits per heavy atom. The van der Waals surface area contributed by atoms with Gasteiger partial charge < -0.3 is 14.7 Å². The second-order valence-corrected chi connectivity index (χ2v) is 8.43. The van der Waals surface area contributed by atoms with Gasteiger partial charge in [-0.25, -0.2) is 0 Å². The number of halogens is 2. The lowest BCUT2D eigenvalue weighted by molar-refractivity contribution is -0.153. The van der Waals surface area contributed by atoms with Crippen molar-refractivity contribution in [3.8, 4) is 5.75 Å². The van der Waals surface area contributed by atoms with Crippen molar-refractivity contribution >= 4 is 5.91 Å². The Bertz CT molecular complexity index is 713. The molecule has 1 amide bonds. The van der Waals surface area contributed by atoms with E-state index in [1.54, 1.807) is 18.2 Å². The predicted octanol–water partition coefficient (Wildman–Crippen LogP) is 2.87. The van der Waals surface area contributed by atoms with Gasteiger partial charge in [-0.1, -0.05) is 24.6 Å². The van der Waals surface area contributed by atoms with Crippen LogP contribution in [0.25, 0.3) is 0 Å². The SMILES string of the molecule is O=C(C1CCC1)N1CC[C@@]2(O)CCN(Cc3ccccc3OC(F)F)C[C@H]2C1. The van der Waals surface area contributed by atoms with Crippen LogP contribution in [0, 0.1) is 11.8 Å². The lowest BCUT2D eigenvalue weighted by atomic mass is 9.74. The van der Waals surface area contributed by atoms with Crippen molar-refractivity contribution in [1.29, 1.82) is 0 Å². The molecule has 2 heterocycles. The van der Waals surface area contributed by atoms with Crippen molar-refractivity contribution in [3.63, 3.8) is 0 Å². The second kappa shape index (κ2) is 7.95. The number of nitrogens with zero attached hydrogens (tertiary/aromatic N) is 2. The van der Waals surface area contributed by atoms with E-state index in [1.165, 1.54) is 0 Å². The number of piperidine rings is 2. The highest BCUT2D eigenvalue weighted by molar-refractivity contribution is 5.79. The van der Waals surface area contributed by atoms with Crippen molar-refractivity contribution < 1.29 is 23.4 Å². The first-order chi connectivity index (χ1) is 13.4. The van der Waals surface area contributed by atoms with Gasteiger partial charge in [0.05, 0.1) is 5.60 Å². The van der Waals surface area contributed by atoms with Crippen LogP contribution in [0.15, 0.2) is 24.3 Å². The van der Waals surface area contributed by atoms with E-state index in [-0.39, 0.29) is 23.5 Å². The van der Waals surface area contributed by atoms with Crippen molar-refractivity contribution in [2.24, 2.45) is 11.8 Å². The molecule has 3 fully saturated rings. The van der Waals surface area contributed by atoms with Crippen LogP contribution in [0.3, 0.4) is 0 Å². The van der Waals surface area contributed by atoms with Crippen molar-refractivity contribution in [2.75, 3.05) is 26.2 Å². The largest absolute Gasteiger partial charge is 0.434 e. The lowest BCUT2D eigenvalue weighted by Gasteiger charge is -2.51. The van der Waals surface area contributed by atoms with E-state index in [0.29, 0.717) is 51.1 Å². The van der Waals surface area contributed by atoms with E-state index in [1.807, 2.05) is 11.0 Å². The monoisotopic (exact) mass is 394 g/mol. The summed E-state index contributed by atoms with van der Waals surface area (Å²) >= 11 is 0. The normalized spacial score (nSPS) is 28.7. The van der Waals surface area contributed by atoms with E-state index >= 15 is 0 Å². The van der Waals surface area contributed by atoms with Gasteiger partial charge in [-0.15, -0.1) is 0 Å². The van der Waals surface area contributed by atoms with Gasteiger partial charge in [0.1, 0.15) is 5.75 Å². The molecule has 3 aliphatic rings. The third kappa shape index (κ3) is 4.01. The number of carbonyl (C=O) groups excluding carboxylic acids is 1. The van der Waals surface area contributed by atoms with Crippen LogP contribution in [0.2, 0.25) is 0 Å². The molecular weight excluding hydrogens is 366 g/mol. The molecule has 7 heteroatoms. The summed E-state index contributed by atoms with van der Waals surface area (Å²) in [5.74, 6) is 0.594. The molecule has 0 radical (unpaired) electrons. The van der Waals surface area contributed by atoms with E-state index in [0.717, 1.165) is 19.3 Å². The van der Waals surface area contributed by atoms with Crippen LogP contribution in [0.5, 0.6) is 5.75 Å². The van der Waals surface area contributed by atoms with Gasteiger partial charge in [-0.3, -0.25) is 9.69 Å². The molecule has 4 rings (SSSR count). The Kier molecular flexibility index (Phi) is 5.56. The summed E-state index contributed by atoms with van der Waals surface area (Å²) in [6.45, 7) is 0.203. The highest BCUT2D eigenvalue weighted by atomic mass is 19.3. The molecule has 1 aromatic rings. The summed E-state index contributed by atoms with van der Waals surface area (Å²) in [6.07, 6.45) is 4.36. The quantitative estimate of drug-likeness (QED) is 0.835. The molecule has 0 spiro atoms. The molecular formula is C21H28F2N2O3. The molecule has 0 unspecified atom stereocenters. The maximum absolute atomic E-state index is 12.7. The van der Waals surface area contributed by atoms with Crippen LogP contribution in [-0.4, -0.2) is 59.2 Å². The zero-order valence-corrected chi connectivity index (χ0v) is 16.0. The maximum Gasteiger partial charge on any atom is 0.387 e. The summed E-state index contributed by atoms with van der Waals surface area (Å²) in [4.78, 5) is 16.7. The molecule has 1 N–H and O–H groups in total. The summed E-state index contributed by atoms with van der Waals surface area (Å²) in [5.41, 5.74) is -0.0160. The van der Waals surface area contributed by atoms with Crippen LogP contribution in [-0.2, 0) is 11.3 Å². The van der Waals surface area contributed by atoms with Crippen LogP contribution < -0.4 is 4.74 Å². The minimum atomic E-state index is -2.85. The molecule has 0 aromatic heterocycles.